The summed E-state index contributed by atoms with van der Waals surface area (Å²) in [7, 11) is 1.60. The second kappa shape index (κ2) is 6.31. The fraction of sp³-hybridized carbons (Fsp3) is 0.235. The van der Waals surface area contributed by atoms with Gasteiger partial charge in [0, 0.05) is 12.1 Å². The second-order valence-electron chi connectivity index (χ2n) is 4.99. The van der Waals surface area contributed by atoms with E-state index >= 15 is 0 Å². The molecular weight excluding hydrogens is 264 g/mol. The van der Waals surface area contributed by atoms with E-state index in [4.69, 9.17) is 10.5 Å². The molecule has 2 rings (SSSR count). The van der Waals surface area contributed by atoms with E-state index in [0.717, 1.165) is 5.69 Å². The van der Waals surface area contributed by atoms with Crippen LogP contribution in [0.1, 0.15) is 27.0 Å². The normalized spacial score (nSPS) is 10.2. The van der Waals surface area contributed by atoms with Gasteiger partial charge in [-0.3, -0.25) is 4.79 Å². The molecule has 21 heavy (non-hydrogen) atoms. The lowest BCUT2D eigenvalue weighted by atomic mass is 10.0. The first-order chi connectivity index (χ1) is 10.0. The fourth-order valence-electron chi connectivity index (χ4n) is 2.19. The number of aryl methyl sites for hydroxylation is 1. The van der Waals surface area contributed by atoms with E-state index in [0.29, 0.717) is 17.9 Å². The number of rotatable bonds is 5. The molecule has 0 saturated heterocycles. The van der Waals surface area contributed by atoms with Gasteiger partial charge in [0.25, 0.3) is 0 Å². The molecule has 110 valence electrons. The predicted molar refractivity (Wildman–Crippen MR) is 84.8 cm³/mol. The van der Waals surface area contributed by atoms with Crippen LogP contribution >= 0.6 is 0 Å². The molecule has 0 unspecified atom stereocenters. The summed E-state index contributed by atoms with van der Waals surface area (Å²) < 4.78 is 5.31. The molecule has 0 radical (unpaired) electrons. The van der Waals surface area contributed by atoms with E-state index in [9.17, 15) is 4.79 Å². The second-order valence-corrected chi connectivity index (χ2v) is 4.99. The minimum Gasteiger partial charge on any atom is -0.495 e. The third kappa shape index (κ3) is 3.34. The summed E-state index contributed by atoms with van der Waals surface area (Å²) in [4.78, 5) is 11.3. The highest BCUT2D eigenvalue weighted by molar-refractivity contribution is 5.94. The first-order valence-electron chi connectivity index (χ1n) is 6.79. The zero-order valence-corrected chi connectivity index (χ0v) is 12.6. The fourth-order valence-corrected chi connectivity index (χ4v) is 2.19. The van der Waals surface area contributed by atoms with Crippen LogP contribution in [0.2, 0.25) is 0 Å². The summed E-state index contributed by atoms with van der Waals surface area (Å²) in [6.45, 7) is 4.85. The topological polar surface area (TPSA) is 64.3 Å². The molecule has 1 amide bonds. The van der Waals surface area contributed by atoms with Crippen LogP contribution in [0.5, 0.6) is 5.75 Å². The van der Waals surface area contributed by atoms with Crippen molar-refractivity contribution in [2.24, 2.45) is 5.73 Å². The summed E-state index contributed by atoms with van der Waals surface area (Å²) in [6.07, 6.45) is 0. The molecule has 0 aliphatic carbocycles. The number of carbonyl (C=O) groups is 1. The molecule has 0 atom stereocenters. The van der Waals surface area contributed by atoms with Crippen LogP contribution in [-0.4, -0.2) is 13.0 Å². The van der Waals surface area contributed by atoms with Gasteiger partial charge in [-0.25, -0.2) is 0 Å². The van der Waals surface area contributed by atoms with Gasteiger partial charge in [-0.1, -0.05) is 18.2 Å². The van der Waals surface area contributed by atoms with Gasteiger partial charge in [0.2, 0.25) is 5.91 Å². The van der Waals surface area contributed by atoms with Gasteiger partial charge < -0.3 is 15.8 Å². The zero-order valence-electron chi connectivity index (χ0n) is 12.6. The quantitative estimate of drug-likeness (QED) is 0.887. The van der Waals surface area contributed by atoms with Gasteiger partial charge in [0.1, 0.15) is 5.75 Å². The molecule has 4 heteroatoms. The van der Waals surface area contributed by atoms with E-state index < -0.39 is 5.91 Å². The number of hydrogen-bond donors (Lipinski definition) is 2. The first kappa shape index (κ1) is 14.9. The van der Waals surface area contributed by atoms with Gasteiger partial charge in [-0.15, -0.1) is 0 Å². The number of nitrogens with one attached hydrogen (secondary N) is 1. The van der Waals surface area contributed by atoms with Gasteiger partial charge in [0.15, 0.2) is 0 Å². The smallest absolute Gasteiger partial charge is 0.248 e. The van der Waals surface area contributed by atoms with Crippen molar-refractivity contribution in [2.45, 2.75) is 20.4 Å². The molecule has 0 aliphatic rings. The largest absolute Gasteiger partial charge is 0.495 e. The number of benzene rings is 2. The number of amides is 1. The molecular formula is C17H20N2O2. The van der Waals surface area contributed by atoms with E-state index in [1.165, 1.54) is 16.7 Å². The molecule has 0 bridgehead atoms. The lowest BCUT2D eigenvalue weighted by molar-refractivity contribution is 0.100. The Morgan fingerprint density at radius 1 is 1.24 bits per heavy atom. The number of anilines is 1. The third-order valence-corrected chi connectivity index (χ3v) is 3.67. The molecule has 0 fully saturated rings. The summed E-state index contributed by atoms with van der Waals surface area (Å²) in [5.74, 6) is 0.234. The summed E-state index contributed by atoms with van der Waals surface area (Å²) >= 11 is 0. The average Bonchev–Trinajstić information content (AvgIpc) is 2.48. The maximum atomic E-state index is 11.3. The first-order valence-corrected chi connectivity index (χ1v) is 6.79. The lowest BCUT2D eigenvalue weighted by Crippen LogP contribution is -2.12. The number of nitrogens with two attached hydrogens (primary N) is 1. The maximum Gasteiger partial charge on any atom is 0.248 e. The van der Waals surface area contributed by atoms with Crippen LogP contribution in [0, 0.1) is 13.8 Å². The molecule has 0 aromatic heterocycles. The zero-order chi connectivity index (χ0) is 15.4. The summed E-state index contributed by atoms with van der Waals surface area (Å²) in [5.41, 5.74) is 10.3. The molecule has 4 nitrogen and oxygen atoms in total. The Kier molecular flexibility index (Phi) is 4.48. The summed E-state index contributed by atoms with van der Waals surface area (Å²) in [6, 6.07) is 11.3. The number of ether oxygens (including phenoxy) is 1. The highest BCUT2D eigenvalue weighted by atomic mass is 16.5. The van der Waals surface area contributed by atoms with Crippen LogP contribution < -0.4 is 15.8 Å². The predicted octanol–water partition coefficient (Wildman–Crippen LogP) is 3.02. The van der Waals surface area contributed by atoms with Crippen molar-refractivity contribution in [3.63, 3.8) is 0 Å². The number of carbonyl (C=O) groups excluding carboxylic acids is 1. The van der Waals surface area contributed by atoms with Crippen molar-refractivity contribution < 1.29 is 9.53 Å². The van der Waals surface area contributed by atoms with Gasteiger partial charge in [0.05, 0.1) is 12.8 Å². The summed E-state index contributed by atoms with van der Waals surface area (Å²) in [5, 5.41) is 3.31. The number of primary amides is 1. The lowest BCUT2D eigenvalue weighted by Gasteiger charge is -2.14. The molecule has 0 aliphatic heterocycles. The molecule has 2 aromatic rings. The highest BCUT2D eigenvalue weighted by Crippen LogP contribution is 2.26. The Labute approximate surface area is 124 Å². The van der Waals surface area contributed by atoms with Crippen molar-refractivity contribution in [1.82, 2.24) is 0 Å². The van der Waals surface area contributed by atoms with Crippen LogP contribution in [-0.2, 0) is 6.54 Å². The minimum atomic E-state index is -0.451. The Balaban J connectivity index is 2.24. The third-order valence-electron chi connectivity index (χ3n) is 3.67. The van der Waals surface area contributed by atoms with Crippen molar-refractivity contribution in [3.8, 4) is 5.75 Å². The van der Waals surface area contributed by atoms with E-state index in [1.54, 1.807) is 25.3 Å². The van der Waals surface area contributed by atoms with E-state index in [-0.39, 0.29) is 0 Å². The van der Waals surface area contributed by atoms with Crippen molar-refractivity contribution >= 4 is 11.6 Å². The van der Waals surface area contributed by atoms with Gasteiger partial charge in [-0.05, 0) is 48.7 Å². The van der Waals surface area contributed by atoms with Crippen LogP contribution in [0.15, 0.2) is 36.4 Å². The highest BCUT2D eigenvalue weighted by Gasteiger charge is 2.08. The van der Waals surface area contributed by atoms with E-state index in [2.05, 4.69) is 31.3 Å². The van der Waals surface area contributed by atoms with E-state index in [1.807, 2.05) is 6.07 Å². The Morgan fingerprint density at radius 2 is 2.00 bits per heavy atom. The molecule has 0 heterocycles. The maximum absolute atomic E-state index is 11.3. The Morgan fingerprint density at radius 3 is 2.67 bits per heavy atom. The van der Waals surface area contributed by atoms with Gasteiger partial charge in [-0.2, -0.15) is 0 Å². The number of methoxy groups -OCH3 is 1. The van der Waals surface area contributed by atoms with Crippen molar-refractivity contribution in [2.75, 3.05) is 12.4 Å². The monoisotopic (exact) mass is 284 g/mol. The van der Waals surface area contributed by atoms with Crippen molar-refractivity contribution in [1.29, 1.82) is 0 Å². The van der Waals surface area contributed by atoms with Crippen LogP contribution in [0.25, 0.3) is 0 Å². The molecule has 0 saturated carbocycles. The molecule has 2 aromatic carbocycles. The average molecular weight is 284 g/mol. The Hall–Kier alpha value is -2.49. The van der Waals surface area contributed by atoms with Crippen molar-refractivity contribution in [3.05, 3.63) is 58.7 Å². The van der Waals surface area contributed by atoms with Crippen LogP contribution in [0.4, 0.5) is 5.69 Å². The minimum absolute atomic E-state index is 0.451. The standard InChI is InChI=1S/C17H20N2O2/c1-11-5-4-6-14(12(11)2)10-19-15-9-13(17(18)20)7-8-16(15)21-3/h4-9,19H,10H2,1-3H3,(H2,18,20). The Bertz CT molecular complexity index is 666. The van der Waals surface area contributed by atoms with Gasteiger partial charge >= 0.3 is 0 Å². The molecule has 0 spiro atoms. The SMILES string of the molecule is COc1ccc(C(N)=O)cc1NCc1cccc(C)c1C. The number of hydrogen-bond acceptors (Lipinski definition) is 3. The molecule has 3 N–H and O–H groups in total. The van der Waals surface area contributed by atoms with Crippen LogP contribution in [0.3, 0.4) is 0 Å².